The van der Waals surface area contributed by atoms with Gasteiger partial charge in [-0.15, -0.1) is 0 Å². The van der Waals surface area contributed by atoms with E-state index in [1.165, 1.54) is 5.56 Å². The fourth-order valence-electron chi connectivity index (χ4n) is 1.80. The van der Waals surface area contributed by atoms with Crippen LogP contribution in [0.5, 0.6) is 0 Å². The molecule has 17 heavy (non-hydrogen) atoms. The van der Waals surface area contributed by atoms with Crippen molar-refractivity contribution >= 4 is 11.1 Å². The van der Waals surface area contributed by atoms with E-state index in [0.717, 1.165) is 29.8 Å². The first kappa shape index (κ1) is 12.1. The van der Waals surface area contributed by atoms with Crippen LogP contribution in [0.2, 0.25) is 0 Å². The Hall–Kier alpha value is -1.35. The fourth-order valence-corrected chi connectivity index (χ4v) is 1.80. The monoisotopic (exact) mass is 232 g/mol. The number of nitrogens with two attached hydrogens (primary N) is 1. The molecule has 1 aromatic heterocycles. The Balaban J connectivity index is 2.34. The van der Waals surface area contributed by atoms with Gasteiger partial charge >= 0.3 is 0 Å². The molecule has 1 heterocycles. The smallest absolute Gasteiger partial charge is 0.195 e. The molecule has 3 nitrogen and oxygen atoms in total. The molecule has 2 N–H and O–H groups in total. The van der Waals surface area contributed by atoms with E-state index >= 15 is 0 Å². The summed E-state index contributed by atoms with van der Waals surface area (Å²) in [4.78, 5) is 4.50. The van der Waals surface area contributed by atoms with Crippen molar-refractivity contribution in [3.63, 3.8) is 0 Å². The third kappa shape index (κ3) is 2.67. The predicted octanol–water partition coefficient (Wildman–Crippen LogP) is 3.02. The van der Waals surface area contributed by atoms with Crippen molar-refractivity contribution in [1.82, 2.24) is 4.98 Å². The number of aromatic nitrogens is 1. The lowest BCUT2D eigenvalue weighted by molar-refractivity contribution is 0.521. The van der Waals surface area contributed by atoms with Crippen molar-refractivity contribution in [2.75, 3.05) is 6.54 Å². The van der Waals surface area contributed by atoms with Crippen molar-refractivity contribution in [2.45, 2.75) is 39.0 Å². The summed E-state index contributed by atoms with van der Waals surface area (Å²) in [6.07, 6.45) is 1.73. The van der Waals surface area contributed by atoms with Gasteiger partial charge in [-0.2, -0.15) is 0 Å². The molecule has 0 saturated carbocycles. The minimum Gasteiger partial charge on any atom is -0.441 e. The van der Waals surface area contributed by atoms with Gasteiger partial charge in [0.25, 0.3) is 0 Å². The van der Waals surface area contributed by atoms with Gasteiger partial charge in [0.05, 0.1) is 0 Å². The Morgan fingerprint density at radius 2 is 2.06 bits per heavy atom. The maximum atomic E-state index is 5.67. The second kappa shape index (κ2) is 4.49. The highest BCUT2D eigenvalue weighted by Gasteiger charge is 2.15. The molecule has 0 aliphatic carbocycles. The lowest BCUT2D eigenvalue weighted by Crippen LogP contribution is -2.10. The average Bonchev–Trinajstić information content (AvgIpc) is 2.66. The molecule has 0 atom stereocenters. The van der Waals surface area contributed by atoms with E-state index in [1.54, 1.807) is 0 Å². The van der Waals surface area contributed by atoms with E-state index in [4.69, 9.17) is 10.2 Å². The number of hydrogen-bond donors (Lipinski definition) is 1. The normalized spacial score (nSPS) is 12.2. The summed E-state index contributed by atoms with van der Waals surface area (Å²) in [5, 5.41) is 0. The molecular weight excluding hydrogens is 212 g/mol. The highest BCUT2D eigenvalue weighted by molar-refractivity contribution is 5.73. The van der Waals surface area contributed by atoms with Crippen LogP contribution in [0.3, 0.4) is 0 Å². The minimum atomic E-state index is 0.143. The molecule has 0 bridgehead atoms. The molecule has 0 spiro atoms. The zero-order valence-corrected chi connectivity index (χ0v) is 10.8. The molecular formula is C14H20N2O. The molecule has 2 rings (SSSR count). The average molecular weight is 232 g/mol. The van der Waals surface area contributed by atoms with E-state index < -0.39 is 0 Å². The third-order valence-corrected chi connectivity index (χ3v) is 2.89. The maximum absolute atomic E-state index is 5.67. The summed E-state index contributed by atoms with van der Waals surface area (Å²) in [5.74, 6) is 0.788. The largest absolute Gasteiger partial charge is 0.441 e. The van der Waals surface area contributed by atoms with Crippen LogP contribution >= 0.6 is 0 Å². The first-order chi connectivity index (χ1) is 8.00. The van der Waals surface area contributed by atoms with Gasteiger partial charge in [0.1, 0.15) is 5.52 Å². The Labute approximate surface area is 102 Å². The van der Waals surface area contributed by atoms with Crippen molar-refractivity contribution < 1.29 is 4.42 Å². The van der Waals surface area contributed by atoms with Crippen LogP contribution in [-0.2, 0) is 11.8 Å². The van der Waals surface area contributed by atoms with Crippen LogP contribution in [0.4, 0.5) is 0 Å². The number of nitrogens with zero attached hydrogens (tertiary/aromatic N) is 1. The van der Waals surface area contributed by atoms with Crippen LogP contribution in [0.15, 0.2) is 22.6 Å². The predicted molar refractivity (Wildman–Crippen MR) is 70.1 cm³/mol. The molecule has 0 saturated heterocycles. The molecule has 0 aliphatic heterocycles. The van der Waals surface area contributed by atoms with E-state index in [1.807, 2.05) is 6.07 Å². The zero-order chi connectivity index (χ0) is 12.5. The van der Waals surface area contributed by atoms with Crippen molar-refractivity contribution in [3.8, 4) is 0 Å². The van der Waals surface area contributed by atoms with Gasteiger partial charge in [0, 0.05) is 6.42 Å². The SMILES string of the molecule is CC(C)(C)c1ccc2oc(CCCN)nc2c1. The topological polar surface area (TPSA) is 52.0 Å². The van der Waals surface area contributed by atoms with Crippen LogP contribution < -0.4 is 5.73 Å². The highest BCUT2D eigenvalue weighted by atomic mass is 16.3. The van der Waals surface area contributed by atoms with Crippen LogP contribution in [-0.4, -0.2) is 11.5 Å². The summed E-state index contributed by atoms with van der Waals surface area (Å²) in [5.41, 5.74) is 8.72. The summed E-state index contributed by atoms with van der Waals surface area (Å²) in [7, 11) is 0. The van der Waals surface area contributed by atoms with Crippen LogP contribution in [0.25, 0.3) is 11.1 Å². The van der Waals surface area contributed by atoms with Gasteiger partial charge in [-0.25, -0.2) is 4.98 Å². The summed E-state index contributed by atoms with van der Waals surface area (Å²) in [6, 6.07) is 6.24. The highest BCUT2D eigenvalue weighted by Crippen LogP contribution is 2.26. The van der Waals surface area contributed by atoms with E-state index in [-0.39, 0.29) is 5.41 Å². The second-order valence-corrected chi connectivity index (χ2v) is 5.43. The molecule has 3 heteroatoms. The summed E-state index contributed by atoms with van der Waals surface area (Å²) < 4.78 is 5.67. The maximum Gasteiger partial charge on any atom is 0.195 e. The lowest BCUT2D eigenvalue weighted by atomic mass is 9.87. The van der Waals surface area contributed by atoms with Crippen LogP contribution in [0.1, 0.15) is 38.6 Å². The van der Waals surface area contributed by atoms with Gasteiger partial charge in [-0.05, 0) is 36.1 Å². The van der Waals surface area contributed by atoms with Gasteiger partial charge in [0.15, 0.2) is 11.5 Å². The van der Waals surface area contributed by atoms with E-state index in [0.29, 0.717) is 6.54 Å². The standard InChI is InChI=1S/C14H20N2O/c1-14(2,3)10-6-7-12-11(9-10)16-13(17-12)5-4-8-15/h6-7,9H,4-5,8,15H2,1-3H3. The van der Waals surface area contributed by atoms with Crippen molar-refractivity contribution in [1.29, 1.82) is 0 Å². The van der Waals surface area contributed by atoms with E-state index in [2.05, 4.69) is 37.9 Å². The number of hydrogen-bond acceptors (Lipinski definition) is 3. The number of aryl methyl sites for hydroxylation is 1. The summed E-state index contributed by atoms with van der Waals surface area (Å²) in [6.45, 7) is 7.27. The molecule has 2 aromatic rings. The molecule has 0 radical (unpaired) electrons. The Kier molecular flexibility index (Phi) is 3.20. The minimum absolute atomic E-state index is 0.143. The number of rotatable bonds is 3. The van der Waals surface area contributed by atoms with Crippen molar-refractivity contribution in [2.24, 2.45) is 5.73 Å². The van der Waals surface area contributed by atoms with Gasteiger partial charge in [0.2, 0.25) is 0 Å². The molecule has 1 aromatic carbocycles. The third-order valence-electron chi connectivity index (χ3n) is 2.89. The molecule has 0 unspecified atom stereocenters. The quantitative estimate of drug-likeness (QED) is 0.885. The second-order valence-electron chi connectivity index (χ2n) is 5.43. The Morgan fingerprint density at radius 1 is 1.29 bits per heavy atom. The number of oxazole rings is 1. The first-order valence-electron chi connectivity index (χ1n) is 6.11. The Bertz CT molecular complexity index is 508. The number of benzene rings is 1. The summed E-state index contributed by atoms with van der Waals surface area (Å²) >= 11 is 0. The van der Waals surface area contributed by atoms with E-state index in [9.17, 15) is 0 Å². The zero-order valence-electron chi connectivity index (χ0n) is 10.8. The van der Waals surface area contributed by atoms with Crippen LogP contribution in [0, 0.1) is 0 Å². The number of fused-ring (bicyclic) bond motifs is 1. The molecule has 0 aliphatic rings. The van der Waals surface area contributed by atoms with Crippen molar-refractivity contribution in [3.05, 3.63) is 29.7 Å². The van der Waals surface area contributed by atoms with Gasteiger partial charge in [-0.1, -0.05) is 26.8 Å². The molecule has 92 valence electrons. The fraction of sp³-hybridized carbons (Fsp3) is 0.500. The Morgan fingerprint density at radius 3 is 2.71 bits per heavy atom. The molecule has 0 fully saturated rings. The first-order valence-corrected chi connectivity index (χ1v) is 6.11. The lowest BCUT2D eigenvalue weighted by Gasteiger charge is -2.18. The van der Waals surface area contributed by atoms with Gasteiger partial charge < -0.3 is 10.2 Å². The van der Waals surface area contributed by atoms with Gasteiger partial charge in [-0.3, -0.25) is 0 Å². The molecule has 0 amide bonds.